The maximum Gasteiger partial charge on any atom is 0.303 e. The van der Waals surface area contributed by atoms with E-state index in [2.05, 4.69) is 10.6 Å². The van der Waals surface area contributed by atoms with Gasteiger partial charge >= 0.3 is 5.97 Å². The molecule has 0 aliphatic heterocycles. The average molecular weight is 306 g/mol. The van der Waals surface area contributed by atoms with Crippen LogP contribution in [-0.4, -0.2) is 29.4 Å². The van der Waals surface area contributed by atoms with Gasteiger partial charge in [-0.15, -0.1) is 0 Å². The van der Waals surface area contributed by atoms with E-state index in [0.29, 0.717) is 31.5 Å². The molecule has 6 heteroatoms. The summed E-state index contributed by atoms with van der Waals surface area (Å²) in [6, 6.07) is 7.10. The van der Waals surface area contributed by atoms with Crippen LogP contribution >= 0.6 is 0 Å². The summed E-state index contributed by atoms with van der Waals surface area (Å²) in [6.07, 6.45) is 1.70. The number of hydrogen-bond acceptors (Lipinski definition) is 3. The van der Waals surface area contributed by atoms with Crippen LogP contribution in [-0.2, 0) is 20.8 Å². The van der Waals surface area contributed by atoms with Crippen LogP contribution in [0, 0.1) is 0 Å². The van der Waals surface area contributed by atoms with E-state index in [1.807, 2.05) is 6.92 Å². The lowest BCUT2D eigenvalue weighted by Crippen LogP contribution is -2.22. The molecule has 0 fully saturated rings. The first-order chi connectivity index (χ1) is 10.5. The van der Waals surface area contributed by atoms with Crippen molar-refractivity contribution in [3.05, 3.63) is 29.8 Å². The normalized spacial score (nSPS) is 10.0. The second-order valence-corrected chi connectivity index (χ2v) is 4.95. The van der Waals surface area contributed by atoms with Crippen LogP contribution in [0.2, 0.25) is 0 Å². The van der Waals surface area contributed by atoms with E-state index in [9.17, 15) is 14.4 Å². The number of amides is 2. The smallest absolute Gasteiger partial charge is 0.303 e. The van der Waals surface area contributed by atoms with Gasteiger partial charge in [-0.25, -0.2) is 0 Å². The van der Waals surface area contributed by atoms with Gasteiger partial charge in [0.2, 0.25) is 11.8 Å². The first-order valence-electron chi connectivity index (χ1n) is 7.38. The van der Waals surface area contributed by atoms with Crippen molar-refractivity contribution in [2.24, 2.45) is 0 Å². The van der Waals surface area contributed by atoms with Crippen LogP contribution in [0.5, 0.6) is 0 Å². The highest BCUT2D eigenvalue weighted by Crippen LogP contribution is 2.12. The fraction of sp³-hybridized carbons (Fsp3) is 0.438. The third-order valence-corrected chi connectivity index (χ3v) is 3.05. The molecule has 120 valence electrons. The summed E-state index contributed by atoms with van der Waals surface area (Å²) in [4.78, 5) is 33.5. The zero-order valence-corrected chi connectivity index (χ0v) is 12.7. The molecule has 0 radical (unpaired) electrons. The number of aryl methyl sites for hydroxylation is 1. The molecule has 0 heterocycles. The Morgan fingerprint density at radius 3 is 2.23 bits per heavy atom. The Kier molecular flexibility index (Phi) is 7.67. The highest BCUT2D eigenvalue weighted by Gasteiger charge is 2.05. The summed E-state index contributed by atoms with van der Waals surface area (Å²) in [5.41, 5.74) is 1.58. The van der Waals surface area contributed by atoms with Crippen molar-refractivity contribution in [3.63, 3.8) is 0 Å². The first-order valence-corrected chi connectivity index (χ1v) is 7.38. The van der Waals surface area contributed by atoms with E-state index in [1.54, 1.807) is 24.3 Å². The van der Waals surface area contributed by atoms with Crippen molar-refractivity contribution < 1.29 is 19.5 Å². The van der Waals surface area contributed by atoms with E-state index in [1.165, 1.54) is 0 Å². The number of carboxylic acid groups (broad SMARTS) is 1. The SMILES string of the molecule is CCNC(=O)CCCC(=O)Nc1ccc(CCC(=O)O)cc1. The molecule has 1 aromatic carbocycles. The summed E-state index contributed by atoms with van der Waals surface area (Å²) in [6.45, 7) is 2.45. The van der Waals surface area contributed by atoms with Crippen LogP contribution in [0.15, 0.2) is 24.3 Å². The number of anilines is 1. The molecule has 6 nitrogen and oxygen atoms in total. The number of carbonyl (C=O) groups excluding carboxylic acids is 2. The van der Waals surface area contributed by atoms with Crippen molar-refractivity contribution in [1.82, 2.24) is 5.32 Å². The van der Waals surface area contributed by atoms with E-state index in [4.69, 9.17) is 5.11 Å². The van der Waals surface area contributed by atoms with Gasteiger partial charge in [0, 0.05) is 31.5 Å². The van der Waals surface area contributed by atoms with Crippen molar-refractivity contribution >= 4 is 23.5 Å². The molecule has 1 rings (SSSR count). The predicted octanol–water partition coefficient (Wildman–Crippen LogP) is 1.95. The highest BCUT2D eigenvalue weighted by atomic mass is 16.4. The van der Waals surface area contributed by atoms with E-state index in [-0.39, 0.29) is 24.7 Å². The zero-order valence-electron chi connectivity index (χ0n) is 12.7. The Hall–Kier alpha value is -2.37. The quantitative estimate of drug-likeness (QED) is 0.650. The zero-order chi connectivity index (χ0) is 16.4. The van der Waals surface area contributed by atoms with Crippen molar-refractivity contribution in [2.75, 3.05) is 11.9 Å². The monoisotopic (exact) mass is 306 g/mol. The standard InChI is InChI=1S/C16H22N2O4/c1-2-17-14(19)4-3-5-15(20)18-13-9-6-12(7-10-13)8-11-16(21)22/h6-7,9-10H,2-5,8,11H2,1H3,(H,17,19)(H,18,20)(H,21,22). The maximum absolute atomic E-state index is 11.7. The minimum absolute atomic E-state index is 0.0434. The van der Waals surface area contributed by atoms with Gasteiger partial charge in [-0.05, 0) is 37.5 Å². The Balaban J connectivity index is 2.32. The van der Waals surface area contributed by atoms with Gasteiger partial charge in [0.1, 0.15) is 0 Å². The third-order valence-electron chi connectivity index (χ3n) is 3.05. The van der Waals surface area contributed by atoms with E-state index >= 15 is 0 Å². The molecule has 1 aromatic rings. The summed E-state index contributed by atoms with van der Waals surface area (Å²) in [5.74, 6) is -1.01. The van der Waals surface area contributed by atoms with Crippen LogP contribution < -0.4 is 10.6 Å². The molecular formula is C16H22N2O4. The minimum Gasteiger partial charge on any atom is -0.481 e. The molecule has 0 atom stereocenters. The molecule has 0 saturated carbocycles. The first kappa shape index (κ1) is 17.7. The molecule has 0 aliphatic rings. The van der Waals surface area contributed by atoms with E-state index in [0.717, 1.165) is 5.56 Å². The summed E-state index contributed by atoms with van der Waals surface area (Å²) >= 11 is 0. The van der Waals surface area contributed by atoms with Crippen molar-refractivity contribution in [2.45, 2.75) is 39.0 Å². The molecule has 2 amide bonds. The molecule has 0 aromatic heterocycles. The fourth-order valence-electron chi connectivity index (χ4n) is 1.92. The lowest BCUT2D eigenvalue weighted by atomic mass is 10.1. The number of carbonyl (C=O) groups is 3. The lowest BCUT2D eigenvalue weighted by Gasteiger charge is -2.06. The Bertz CT molecular complexity index is 511. The Morgan fingerprint density at radius 2 is 1.64 bits per heavy atom. The maximum atomic E-state index is 11.7. The van der Waals surface area contributed by atoms with Crippen molar-refractivity contribution in [3.8, 4) is 0 Å². The summed E-state index contributed by atoms with van der Waals surface area (Å²) < 4.78 is 0. The van der Waals surface area contributed by atoms with Gasteiger partial charge < -0.3 is 15.7 Å². The molecule has 0 aliphatic carbocycles. The topological polar surface area (TPSA) is 95.5 Å². The van der Waals surface area contributed by atoms with Crippen LogP contribution in [0.4, 0.5) is 5.69 Å². The van der Waals surface area contributed by atoms with Crippen LogP contribution in [0.1, 0.15) is 38.2 Å². The number of rotatable bonds is 9. The molecule has 0 spiro atoms. The van der Waals surface area contributed by atoms with Crippen LogP contribution in [0.25, 0.3) is 0 Å². The molecule has 0 bridgehead atoms. The molecule has 0 saturated heterocycles. The Morgan fingerprint density at radius 1 is 1.00 bits per heavy atom. The van der Waals surface area contributed by atoms with Gasteiger partial charge in [-0.1, -0.05) is 12.1 Å². The second-order valence-electron chi connectivity index (χ2n) is 4.95. The number of nitrogens with one attached hydrogen (secondary N) is 2. The van der Waals surface area contributed by atoms with Gasteiger partial charge in [-0.3, -0.25) is 14.4 Å². The van der Waals surface area contributed by atoms with Crippen molar-refractivity contribution in [1.29, 1.82) is 0 Å². The van der Waals surface area contributed by atoms with Gasteiger partial charge in [0.15, 0.2) is 0 Å². The number of benzene rings is 1. The fourth-order valence-corrected chi connectivity index (χ4v) is 1.92. The number of aliphatic carboxylic acids is 1. The summed E-state index contributed by atoms with van der Waals surface area (Å²) in [5, 5.41) is 14.1. The molecule has 22 heavy (non-hydrogen) atoms. The van der Waals surface area contributed by atoms with Gasteiger partial charge in [0.05, 0.1) is 0 Å². The lowest BCUT2D eigenvalue weighted by molar-refractivity contribution is -0.137. The predicted molar refractivity (Wildman–Crippen MR) is 83.6 cm³/mol. The molecule has 3 N–H and O–H groups in total. The van der Waals surface area contributed by atoms with E-state index < -0.39 is 5.97 Å². The van der Waals surface area contributed by atoms with Crippen LogP contribution in [0.3, 0.4) is 0 Å². The largest absolute Gasteiger partial charge is 0.481 e. The second kappa shape index (κ2) is 9.55. The van der Waals surface area contributed by atoms with Gasteiger partial charge in [0.25, 0.3) is 0 Å². The molecular weight excluding hydrogens is 284 g/mol. The average Bonchev–Trinajstić information content (AvgIpc) is 2.46. The number of hydrogen-bond donors (Lipinski definition) is 3. The summed E-state index contributed by atoms with van der Waals surface area (Å²) in [7, 11) is 0. The minimum atomic E-state index is -0.829. The number of carboxylic acids is 1. The third kappa shape index (κ3) is 7.42. The highest BCUT2D eigenvalue weighted by molar-refractivity contribution is 5.91. The Labute approximate surface area is 129 Å². The molecule has 0 unspecified atom stereocenters. The van der Waals surface area contributed by atoms with Gasteiger partial charge in [-0.2, -0.15) is 0 Å².